The summed E-state index contributed by atoms with van der Waals surface area (Å²) in [4.78, 5) is 35.8. The molecule has 0 unspecified atom stereocenters. The van der Waals surface area contributed by atoms with Crippen LogP contribution in [0.4, 0.5) is 18.0 Å². The number of carbonyl (C=O) groups is 3. The lowest BCUT2D eigenvalue weighted by Gasteiger charge is -2.16. The fourth-order valence-electron chi connectivity index (χ4n) is 2.24. The zero-order chi connectivity index (χ0) is 21.4. The van der Waals surface area contributed by atoms with Gasteiger partial charge in [0.25, 0.3) is 5.91 Å². The number of urea groups is 1. The third-order valence-corrected chi connectivity index (χ3v) is 3.69. The van der Waals surface area contributed by atoms with E-state index in [2.05, 4.69) is 5.32 Å². The van der Waals surface area contributed by atoms with Gasteiger partial charge in [0.05, 0.1) is 5.56 Å². The summed E-state index contributed by atoms with van der Waals surface area (Å²) in [6.45, 7) is 0. The van der Waals surface area contributed by atoms with Gasteiger partial charge in [-0.2, -0.15) is 13.2 Å². The zero-order valence-electron chi connectivity index (χ0n) is 15.2. The van der Waals surface area contributed by atoms with Gasteiger partial charge in [-0.05, 0) is 23.8 Å². The normalized spacial score (nSPS) is 12.3. The average molecular weight is 406 g/mol. The van der Waals surface area contributed by atoms with E-state index in [9.17, 15) is 27.6 Å². The Labute approximate surface area is 164 Å². The number of halogens is 3. The fraction of sp³-hybridized carbons (Fsp3) is 0.150. The molecule has 6 nitrogen and oxygen atoms in total. The Bertz CT molecular complexity index is 894. The Balaban J connectivity index is 2.12. The number of amides is 3. The third kappa shape index (κ3) is 6.49. The van der Waals surface area contributed by atoms with Gasteiger partial charge in [-0.25, -0.2) is 9.59 Å². The van der Waals surface area contributed by atoms with Crippen molar-refractivity contribution in [3.8, 4) is 0 Å². The van der Waals surface area contributed by atoms with Crippen molar-refractivity contribution in [1.82, 2.24) is 10.6 Å². The molecule has 0 radical (unpaired) electrons. The minimum atomic E-state index is -4.46. The zero-order valence-corrected chi connectivity index (χ0v) is 15.2. The second kappa shape index (κ2) is 9.54. The average Bonchev–Trinajstić information content (AvgIpc) is 2.70. The van der Waals surface area contributed by atoms with Gasteiger partial charge in [-0.1, -0.05) is 42.5 Å². The topological polar surface area (TPSA) is 84.5 Å². The van der Waals surface area contributed by atoms with Gasteiger partial charge in [0, 0.05) is 18.7 Å². The number of rotatable bonds is 5. The first kappa shape index (κ1) is 21.7. The van der Waals surface area contributed by atoms with Crippen LogP contribution in [0, 0.1) is 0 Å². The molecular formula is C20H17F3N2O4. The fourth-order valence-corrected chi connectivity index (χ4v) is 2.24. The molecule has 0 saturated heterocycles. The number of hydrogen-bond acceptors (Lipinski definition) is 4. The van der Waals surface area contributed by atoms with Crippen LogP contribution in [0.5, 0.6) is 0 Å². The molecule has 1 atom stereocenters. The second-order valence-corrected chi connectivity index (χ2v) is 5.75. The lowest BCUT2D eigenvalue weighted by atomic mass is 10.1. The van der Waals surface area contributed by atoms with Crippen molar-refractivity contribution in [3.63, 3.8) is 0 Å². The molecule has 3 amide bonds. The molecule has 0 saturated carbocycles. The van der Waals surface area contributed by atoms with Gasteiger partial charge in [0.1, 0.15) is 0 Å². The Morgan fingerprint density at radius 2 is 1.62 bits per heavy atom. The van der Waals surface area contributed by atoms with Crippen LogP contribution in [-0.4, -0.2) is 25.0 Å². The molecule has 2 aromatic rings. The van der Waals surface area contributed by atoms with E-state index in [4.69, 9.17) is 4.74 Å². The van der Waals surface area contributed by atoms with Crippen LogP contribution in [0.3, 0.4) is 0 Å². The van der Waals surface area contributed by atoms with Crippen LogP contribution in [0.2, 0.25) is 0 Å². The molecule has 0 aliphatic heterocycles. The number of hydrogen-bond donors (Lipinski definition) is 2. The van der Waals surface area contributed by atoms with Gasteiger partial charge in [0.15, 0.2) is 0 Å². The lowest BCUT2D eigenvalue weighted by molar-refractivity contribution is -0.151. The van der Waals surface area contributed by atoms with Crippen LogP contribution < -0.4 is 10.6 Å². The molecule has 0 aliphatic rings. The number of nitrogens with one attached hydrogen (secondary N) is 2. The van der Waals surface area contributed by atoms with E-state index in [1.54, 1.807) is 30.3 Å². The Kier molecular flexibility index (Phi) is 7.13. The molecule has 2 aromatic carbocycles. The number of esters is 1. The number of carbonyl (C=O) groups excluding carboxylic acids is 3. The maximum atomic E-state index is 12.6. The first-order chi connectivity index (χ1) is 13.7. The van der Waals surface area contributed by atoms with Crippen molar-refractivity contribution in [3.05, 3.63) is 77.4 Å². The molecular weight excluding hydrogens is 389 g/mol. The SMILES string of the molecule is CNC(=O)NC(=O)[C@H](OC(=O)/C=C/c1ccc(C(F)(F)F)cc1)c1ccccc1. The van der Waals surface area contributed by atoms with E-state index in [-0.39, 0.29) is 0 Å². The third-order valence-electron chi connectivity index (χ3n) is 3.69. The standard InChI is InChI=1S/C20H17F3N2O4/c1-24-19(28)25-18(27)17(14-5-3-2-4-6-14)29-16(26)12-9-13-7-10-15(11-8-13)20(21,22)23/h2-12,17H,1H3,(H2,24,25,27,28)/b12-9+/t17-/m1/s1. The van der Waals surface area contributed by atoms with E-state index >= 15 is 0 Å². The lowest BCUT2D eigenvalue weighted by Crippen LogP contribution is -2.41. The minimum Gasteiger partial charge on any atom is -0.444 e. The summed E-state index contributed by atoms with van der Waals surface area (Å²) in [6, 6.07) is 11.4. The molecule has 152 valence electrons. The van der Waals surface area contributed by atoms with Crippen LogP contribution in [0.15, 0.2) is 60.7 Å². The van der Waals surface area contributed by atoms with E-state index in [1.165, 1.54) is 25.3 Å². The quantitative estimate of drug-likeness (QED) is 0.588. The molecule has 0 fully saturated rings. The largest absolute Gasteiger partial charge is 0.444 e. The second-order valence-electron chi connectivity index (χ2n) is 5.75. The summed E-state index contributed by atoms with van der Waals surface area (Å²) >= 11 is 0. The highest BCUT2D eigenvalue weighted by Gasteiger charge is 2.30. The molecule has 0 aromatic heterocycles. The first-order valence-electron chi connectivity index (χ1n) is 8.34. The van der Waals surface area contributed by atoms with Crippen molar-refractivity contribution in [2.75, 3.05) is 7.05 Å². The van der Waals surface area contributed by atoms with Crippen LogP contribution in [0.1, 0.15) is 22.8 Å². The Hall–Kier alpha value is -3.62. The van der Waals surface area contributed by atoms with E-state index in [0.29, 0.717) is 11.1 Å². The summed E-state index contributed by atoms with van der Waals surface area (Å²) in [7, 11) is 1.32. The molecule has 2 rings (SSSR count). The van der Waals surface area contributed by atoms with Gasteiger partial charge in [0.2, 0.25) is 6.10 Å². The molecule has 2 N–H and O–H groups in total. The number of alkyl halides is 3. The van der Waals surface area contributed by atoms with Crippen molar-refractivity contribution in [2.45, 2.75) is 12.3 Å². The maximum Gasteiger partial charge on any atom is 0.416 e. The Morgan fingerprint density at radius 1 is 1.00 bits per heavy atom. The Morgan fingerprint density at radius 3 is 2.17 bits per heavy atom. The number of ether oxygens (including phenoxy) is 1. The van der Waals surface area contributed by atoms with Gasteiger partial charge in [-0.15, -0.1) is 0 Å². The summed E-state index contributed by atoms with van der Waals surface area (Å²) in [5, 5.41) is 4.24. The number of imide groups is 1. The molecule has 0 bridgehead atoms. The molecule has 29 heavy (non-hydrogen) atoms. The summed E-state index contributed by atoms with van der Waals surface area (Å²) in [6.07, 6.45) is -3.62. The maximum absolute atomic E-state index is 12.6. The minimum absolute atomic E-state index is 0.334. The van der Waals surface area contributed by atoms with Crippen molar-refractivity contribution < 1.29 is 32.3 Å². The van der Waals surface area contributed by atoms with Gasteiger partial charge >= 0.3 is 18.2 Å². The van der Waals surface area contributed by atoms with E-state index in [1.807, 2.05) is 5.32 Å². The van der Waals surface area contributed by atoms with Gasteiger partial charge in [-0.3, -0.25) is 10.1 Å². The van der Waals surface area contributed by atoms with Gasteiger partial charge < -0.3 is 10.1 Å². The van der Waals surface area contributed by atoms with Crippen molar-refractivity contribution in [2.24, 2.45) is 0 Å². The molecule has 0 heterocycles. The summed E-state index contributed by atoms with van der Waals surface area (Å²) < 4.78 is 42.9. The van der Waals surface area contributed by atoms with E-state index in [0.717, 1.165) is 18.2 Å². The molecule has 0 aliphatic carbocycles. The van der Waals surface area contributed by atoms with E-state index < -0.39 is 35.8 Å². The molecule has 9 heteroatoms. The van der Waals surface area contributed by atoms with Crippen LogP contribution in [-0.2, 0) is 20.5 Å². The first-order valence-corrected chi connectivity index (χ1v) is 8.34. The highest BCUT2D eigenvalue weighted by molar-refractivity contribution is 5.98. The van der Waals surface area contributed by atoms with Crippen LogP contribution >= 0.6 is 0 Å². The molecule has 0 spiro atoms. The predicted octanol–water partition coefficient (Wildman–Crippen LogP) is 3.46. The highest BCUT2D eigenvalue weighted by Crippen LogP contribution is 2.29. The van der Waals surface area contributed by atoms with Crippen LogP contribution in [0.25, 0.3) is 6.08 Å². The summed E-state index contributed by atoms with van der Waals surface area (Å²) in [5.41, 5.74) is -0.140. The van der Waals surface area contributed by atoms with Crippen molar-refractivity contribution in [1.29, 1.82) is 0 Å². The smallest absolute Gasteiger partial charge is 0.416 e. The highest BCUT2D eigenvalue weighted by atomic mass is 19.4. The summed E-state index contributed by atoms with van der Waals surface area (Å²) in [5.74, 6) is -1.77. The van der Waals surface area contributed by atoms with Crippen molar-refractivity contribution >= 4 is 24.0 Å². The predicted molar refractivity (Wildman–Crippen MR) is 98.4 cm³/mol. The monoisotopic (exact) mass is 406 g/mol. The number of benzene rings is 2.